The van der Waals surface area contributed by atoms with E-state index in [0.717, 1.165) is 0 Å². The summed E-state index contributed by atoms with van der Waals surface area (Å²) >= 11 is 0. The van der Waals surface area contributed by atoms with Crippen molar-refractivity contribution in [2.45, 2.75) is 20.3 Å². The van der Waals surface area contributed by atoms with E-state index < -0.39 is 15.9 Å². The Kier molecular flexibility index (Phi) is 6.08. The molecule has 1 amide bonds. The molecule has 150 valence electrons. The van der Waals surface area contributed by atoms with Gasteiger partial charge in [0.25, 0.3) is 5.91 Å². The second kappa shape index (κ2) is 8.52. The molecule has 0 aliphatic carbocycles. The molecule has 1 heterocycles. The molecule has 0 radical (unpaired) electrons. The molecular formula is C20H24N2O5S. The number of anilines is 2. The number of rotatable bonds is 7. The van der Waals surface area contributed by atoms with Crippen molar-refractivity contribution < 1.29 is 22.7 Å². The van der Waals surface area contributed by atoms with Gasteiger partial charge in [0.05, 0.1) is 17.0 Å². The van der Waals surface area contributed by atoms with Crippen LogP contribution in [-0.2, 0) is 10.0 Å². The molecule has 2 N–H and O–H groups in total. The maximum Gasteiger partial charge on any atom is 0.257 e. The van der Waals surface area contributed by atoms with Gasteiger partial charge in [0.1, 0.15) is 13.2 Å². The third-order valence-corrected chi connectivity index (χ3v) is 5.51. The minimum Gasteiger partial charge on any atom is -0.486 e. The number of hydrogen-bond donors (Lipinski definition) is 2. The fraction of sp³-hybridized carbons (Fsp3) is 0.350. The maximum absolute atomic E-state index is 12.7. The summed E-state index contributed by atoms with van der Waals surface area (Å²) < 4.78 is 38.2. The first-order valence-corrected chi connectivity index (χ1v) is 10.8. The summed E-state index contributed by atoms with van der Waals surface area (Å²) in [6.45, 7) is 4.86. The Morgan fingerprint density at radius 2 is 1.79 bits per heavy atom. The summed E-state index contributed by atoms with van der Waals surface area (Å²) in [6.07, 6.45) is 0.543. The quantitative estimate of drug-likeness (QED) is 0.737. The third kappa shape index (κ3) is 5.16. The van der Waals surface area contributed by atoms with Crippen molar-refractivity contribution >= 4 is 27.3 Å². The first-order valence-electron chi connectivity index (χ1n) is 9.14. The minimum absolute atomic E-state index is 0.00276. The molecule has 2 aromatic carbocycles. The first kappa shape index (κ1) is 20.0. The van der Waals surface area contributed by atoms with Gasteiger partial charge in [-0.2, -0.15) is 0 Å². The molecule has 3 rings (SSSR count). The topological polar surface area (TPSA) is 93.7 Å². The van der Waals surface area contributed by atoms with Crippen molar-refractivity contribution in [1.29, 1.82) is 0 Å². The van der Waals surface area contributed by atoms with Crippen LogP contribution in [0.15, 0.2) is 42.5 Å². The van der Waals surface area contributed by atoms with E-state index in [1.165, 1.54) is 0 Å². The minimum atomic E-state index is -3.54. The molecule has 8 heteroatoms. The highest BCUT2D eigenvalue weighted by molar-refractivity contribution is 7.92. The van der Waals surface area contributed by atoms with Gasteiger partial charge in [-0.05, 0) is 36.6 Å². The zero-order valence-electron chi connectivity index (χ0n) is 15.9. The van der Waals surface area contributed by atoms with Crippen LogP contribution in [0.3, 0.4) is 0 Å². The second-order valence-electron chi connectivity index (χ2n) is 6.96. The molecule has 28 heavy (non-hydrogen) atoms. The first-order chi connectivity index (χ1) is 13.3. The Morgan fingerprint density at radius 1 is 1.07 bits per heavy atom. The van der Waals surface area contributed by atoms with E-state index in [9.17, 15) is 13.2 Å². The predicted octanol–water partition coefficient (Wildman–Crippen LogP) is 3.50. The number of amides is 1. The number of ether oxygens (including phenoxy) is 2. The van der Waals surface area contributed by atoms with Gasteiger partial charge >= 0.3 is 0 Å². The monoisotopic (exact) mass is 404 g/mol. The number of nitrogens with one attached hydrogen (secondary N) is 2. The van der Waals surface area contributed by atoms with Crippen LogP contribution in [0.5, 0.6) is 11.5 Å². The molecule has 0 saturated carbocycles. The van der Waals surface area contributed by atoms with E-state index in [4.69, 9.17) is 9.47 Å². The predicted molar refractivity (Wildman–Crippen MR) is 109 cm³/mol. The molecule has 0 saturated heterocycles. The number of sulfonamides is 1. The van der Waals surface area contributed by atoms with Crippen LogP contribution in [0.25, 0.3) is 0 Å². The van der Waals surface area contributed by atoms with E-state index in [0.29, 0.717) is 36.8 Å². The number of benzene rings is 2. The Morgan fingerprint density at radius 3 is 2.54 bits per heavy atom. The Labute approximate surface area is 165 Å². The van der Waals surface area contributed by atoms with Crippen molar-refractivity contribution in [3.05, 3.63) is 48.0 Å². The van der Waals surface area contributed by atoms with E-state index in [2.05, 4.69) is 10.0 Å². The molecule has 1 aliphatic rings. The maximum atomic E-state index is 12.7. The summed E-state index contributed by atoms with van der Waals surface area (Å²) in [4.78, 5) is 12.7. The Bertz CT molecular complexity index is 957. The molecule has 0 spiro atoms. The standard InChI is InChI=1S/C20H24N2O5S/c1-14(2)9-12-28(24,25)22-17-6-4-3-5-16(17)20(23)21-15-7-8-18-19(13-15)27-11-10-26-18/h3-8,13-14,22H,9-12H2,1-2H3,(H,21,23). The molecule has 0 aromatic heterocycles. The number of carbonyl (C=O) groups is 1. The van der Waals surface area contributed by atoms with Crippen molar-refractivity contribution in [2.75, 3.05) is 29.0 Å². The average Bonchev–Trinajstić information content (AvgIpc) is 2.66. The molecule has 0 bridgehead atoms. The van der Waals surface area contributed by atoms with Gasteiger partial charge in [-0.15, -0.1) is 0 Å². The van der Waals surface area contributed by atoms with E-state index in [-0.39, 0.29) is 22.9 Å². The zero-order valence-corrected chi connectivity index (χ0v) is 16.7. The lowest BCUT2D eigenvalue weighted by Gasteiger charge is -2.19. The van der Waals surface area contributed by atoms with Crippen molar-refractivity contribution in [3.63, 3.8) is 0 Å². The van der Waals surface area contributed by atoms with Crippen LogP contribution in [0.4, 0.5) is 11.4 Å². The van der Waals surface area contributed by atoms with Gasteiger partial charge in [0, 0.05) is 11.8 Å². The fourth-order valence-electron chi connectivity index (χ4n) is 2.70. The number of hydrogen-bond acceptors (Lipinski definition) is 5. The van der Waals surface area contributed by atoms with Crippen LogP contribution in [0.2, 0.25) is 0 Å². The normalized spacial score (nSPS) is 13.2. The van der Waals surface area contributed by atoms with Gasteiger partial charge in [0.2, 0.25) is 10.0 Å². The average molecular weight is 404 g/mol. The molecule has 7 nitrogen and oxygen atoms in total. The molecule has 2 aromatic rings. The Hall–Kier alpha value is -2.74. The van der Waals surface area contributed by atoms with Crippen LogP contribution in [0.1, 0.15) is 30.6 Å². The van der Waals surface area contributed by atoms with Gasteiger partial charge in [-0.3, -0.25) is 9.52 Å². The lowest BCUT2D eigenvalue weighted by atomic mass is 10.1. The van der Waals surface area contributed by atoms with Gasteiger partial charge in [-0.1, -0.05) is 26.0 Å². The summed E-state index contributed by atoms with van der Waals surface area (Å²) in [6, 6.07) is 11.6. The highest BCUT2D eigenvalue weighted by atomic mass is 32.2. The van der Waals surface area contributed by atoms with Gasteiger partial charge in [0.15, 0.2) is 11.5 Å². The summed E-state index contributed by atoms with van der Waals surface area (Å²) in [5.41, 5.74) is 1.03. The highest BCUT2D eigenvalue weighted by Gasteiger charge is 2.18. The summed E-state index contributed by atoms with van der Waals surface area (Å²) in [7, 11) is -3.54. The zero-order chi connectivity index (χ0) is 20.1. The van der Waals surface area contributed by atoms with Crippen LogP contribution < -0.4 is 19.5 Å². The molecule has 0 fully saturated rings. The van der Waals surface area contributed by atoms with Crippen molar-refractivity contribution in [1.82, 2.24) is 0 Å². The SMILES string of the molecule is CC(C)CCS(=O)(=O)Nc1ccccc1C(=O)Nc1ccc2c(c1)OCCO2. The van der Waals surface area contributed by atoms with Crippen LogP contribution in [-0.4, -0.2) is 33.3 Å². The van der Waals surface area contributed by atoms with Crippen LogP contribution >= 0.6 is 0 Å². The fourth-order valence-corrected chi connectivity index (χ4v) is 4.10. The second-order valence-corrected chi connectivity index (χ2v) is 8.80. The molecular weight excluding hydrogens is 380 g/mol. The number of carbonyl (C=O) groups excluding carboxylic acids is 1. The van der Waals surface area contributed by atoms with E-state index in [1.54, 1.807) is 42.5 Å². The van der Waals surface area contributed by atoms with Crippen molar-refractivity contribution in [3.8, 4) is 11.5 Å². The van der Waals surface area contributed by atoms with Gasteiger partial charge < -0.3 is 14.8 Å². The smallest absolute Gasteiger partial charge is 0.257 e. The largest absolute Gasteiger partial charge is 0.486 e. The van der Waals surface area contributed by atoms with Gasteiger partial charge in [-0.25, -0.2) is 8.42 Å². The highest BCUT2D eigenvalue weighted by Crippen LogP contribution is 2.33. The number of para-hydroxylation sites is 1. The molecule has 1 aliphatic heterocycles. The van der Waals surface area contributed by atoms with E-state index in [1.807, 2.05) is 13.8 Å². The third-order valence-electron chi connectivity index (χ3n) is 4.20. The van der Waals surface area contributed by atoms with E-state index >= 15 is 0 Å². The van der Waals surface area contributed by atoms with Crippen molar-refractivity contribution in [2.24, 2.45) is 5.92 Å². The Balaban J connectivity index is 1.76. The summed E-state index contributed by atoms with van der Waals surface area (Å²) in [5, 5.41) is 2.78. The number of fused-ring (bicyclic) bond motifs is 1. The molecule has 0 unspecified atom stereocenters. The van der Waals surface area contributed by atoms with Crippen LogP contribution in [0, 0.1) is 5.92 Å². The summed E-state index contributed by atoms with van der Waals surface area (Å²) in [5.74, 6) is 1.04. The molecule has 0 atom stereocenters. The lowest BCUT2D eigenvalue weighted by molar-refractivity contribution is 0.102. The lowest BCUT2D eigenvalue weighted by Crippen LogP contribution is -2.21.